The van der Waals surface area contributed by atoms with Crippen LogP contribution in [0.5, 0.6) is 0 Å². The van der Waals surface area contributed by atoms with E-state index in [1.807, 2.05) is 0 Å². The minimum Gasteiger partial charge on any atom is -0.350 e. The van der Waals surface area contributed by atoms with Gasteiger partial charge in [-0.3, -0.25) is 14.4 Å². The molecule has 5 nitrogen and oxygen atoms in total. The summed E-state index contributed by atoms with van der Waals surface area (Å²) in [6, 6.07) is 8.93. The van der Waals surface area contributed by atoms with Gasteiger partial charge in [-0.15, -0.1) is 0 Å². The van der Waals surface area contributed by atoms with Crippen molar-refractivity contribution >= 4 is 5.91 Å². The summed E-state index contributed by atoms with van der Waals surface area (Å²) < 4.78 is 2.13. The lowest BCUT2D eigenvalue weighted by atomic mass is 9.85. The van der Waals surface area contributed by atoms with Crippen LogP contribution in [-0.4, -0.2) is 27.1 Å². The van der Waals surface area contributed by atoms with Gasteiger partial charge in [-0.25, -0.2) is 0 Å². The number of aryl methyl sites for hydroxylation is 3. The summed E-state index contributed by atoms with van der Waals surface area (Å²) in [6.07, 6.45) is 4.37. The van der Waals surface area contributed by atoms with Gasteiger partial charge in [0.05, 0.1) is 17.9 Å². The molecule has 0 saturated heterocycles. The zero-order valence-electron chi connectivity index (χ0n) is 16.5. The Kier molecular flexibility index (Phi) is 5.30. The number of benzene rings is 1. The molecule has 1 fully saturated rings. The van der Waals surface area contributed by atoms with Crippen molar-refractivity contribution in [2.24, 2.45) is 5.92 Å². The van der Waals surface area contributed by atoms with Crippen LogP contribution in [0.15, 0.2) is 24.3 Å². The number of hydrogen-bond donors (Lipinski definition) is 1. The number of nitrogens with zero attached hydrogens (tertiary/aromatic N) is 3. The third kappa shape index (κ3) is 4.24. The van der Waals surface area contributed by atoms with Crippen molar-refractivity contribution in [2.45, 2.75) is 65.7 Å². The predicted molar refractivity (Wildman–Crippen MR) is 106 cm³/mol. The first kappa shape index (κ1) is 18.2. The van der Waals surface area contributed by atoms with Crippen LogP contribution in [-0.2, 0) is 31.0 Å². The van der Waals surface area contributed by atoms with Crippen molar-refractivity contribution in [3.8, 4) is 0 Å². The van der Waals surface area contributed by atoms with E-state index in [0.717, 1.165) is 51.1 Å². The Morgan fingerprint density at radius 1 is 1.15 bits per heavy atom. The Balaban J connectivity index is 1.38. The molecule has 1 aliphatic heterocycles. The van der Waals surface area contributed by atoms with Crippen molar-refractivity contribution in [2.75, 3.05) is 6.54 Å². The summed E-state index contributed by atoms with van der Waals surface area (Å²) in [6.45, 7) is 8.82. The minimum absolute atomic E-state index is 0.195. The quantitative estimate of drug-likeness (QED) is 0.883. The Labute approximate surface area is 161 Å². The molecule has 1 saturated carbocycles. The molecule has 0 atom stereocenters. The van der Waals surface area contributed by atoms with Crippen LogP contribution in [0.3, 0.4) is 0 Å². The van der Waals surface area contributed by atoms with Crippen LogP contribution in [0, 0.1) is 19.8 Å². The smallest absolute Gasteiger partial charge is 0.223 e. The Morgan fingerprint density at radius 3 is 2.74 bits per heavy atom. The van der Waals surface area contributed by atoms with Gasteiger partial charge in [0.1, 0.15) is 0 Å². The first-order valence-electron chi connectivity index (χ1n) is 10.2. The molecule has 4 rings (SSSR count). The molecule has 5 heteroatoms. The summed E-state index contributed by atoms with van der Waals surface area (Å²) in [5.74, 6) is 0.430. The zero-order valence-corrected chi connectivity index (χ0v) is 16.5. The van der Waals surface area contributed by atoms with Crippen LogP contribution in [0.25, 0.3) is 0 Å². The van der Waals surface area contributed by atoms with Crippen molar-refractivity contribution < 1.29 is 4.79 Å². The maximum absolute atomic E-state index is 12.0. The second-order valence-corrected chi connectivity index (χ2v) is 8.18. The molecule has 1 aliphatic carbocycles. The molecule has 1 aromatic carbocycles. The molecule has 0 radical (unpaired) electrons. The Morgan fingerprint density at radius 2 is 2.00 bits per heavy atom. The molecule has 0 unspecified atom stereocenters. The van der Waals surface area contributed by atoms with Gasteiger partial charge < -0.3 is 5.32 Å². The van der Waals surface area contributed by atoms with Gasteiger partial charge in [0, 0.05) is 32.1 Å². The van der Waals surface area contributed by atoms with Crippen molar-refractivity contribution in [1.29, 1.82) is 0 Å². The van der Waals surface area contributed by atoms with Crippen LogP contribution in [0.4, 0.5) is 0 Å². The van der Waals surface area contributed by atoms with Crippen LogP contribution >= 0.6 is 0 Å². The standard InChI is InChI=1S/C22H30N4O/c1-16-7-8-18(11-17(16)2)14-25-9-4-10-26-21(15-25)12-20(24-26)13-23-22(27)19-5-3-6-19/h7-8,11-12,19H,3-6,9-10,13-15H2,1-2H3,(H,23,27). The maximum atomic E-state index is 12.0. The highest BCUT2D eigenvalue weighted by Gasteiger charge is 2.25. The normalized spacial score (nSPS) is 17.9. The van der Waals surface area contributed by atoms with E-state index in [1.165, 1.54) is 28.8 Å². The molecule has 2 heterocycles. The third-order valence-electron chi connectivity index (χ3n) is 6.04. The number of hydrogen-bond acceptors (Lipinski definition) is 3. The first-order valence-corrected chi connectivity index (χ1v) is 10.2. The first-order chi connectivity index (χ1) is 13.1. The van der Waals surface area contributed by atoms with Gasteiger partial charge in [-0.05, 0) is 55.9 Å². The number of carbonyl (C=O) groups excluding carboxylic acids is 1. The second-order valence-electron chi connectivity index (χ2n) is 8.18. The summed E-state index contributed by atoms with van der Waals surface area (Å²) in [5, 5.41) is 7.79. The summed E-state index contributed by atoms with van der Waals surface area (Å²) >= 11 is 0. The molecule has 1 aromatic heterocycles. The van der Waals surface area contributed by atoms with Gasteiger partial charge in [0.2, 0.25) is 5.91 Å². The van der Waals surface area contributed by atoms with E-state index < -0.39 is 0 Å². The predicted octanol–water partition coefficient (Wildman–Crippen LogP) is 3.32. The van der Waals surface area contributed by atoms with E-state index >= 15 is 0 Å². The Hall–Kier alpha value is -2.14. The largest absolute Gasteiger partial charge is 0.350 e. The Bertz CT molecular complexity index is 822. The van der Waals surface area contributed by atoms with Gasteiger partial charge >= 0.3 is 0 Å². The highest BCUT2D eigenvalue weighted by molar-refractivity contribution is 5.79. The number of fused-ring (bicyclic) bond motifs is 1. The average Bonchev–Trinajstić information content (AvgIpc) is 2.87. The van der Waals surface area contributed by atoms with Gasteiger partial charge in [-0.2, -0.15) is 5.10 Å². The SMILES string of the molecule is Cc1ccc(CN2CCCn3nc(CNC(=O)C4CCC4)cc3C2)cc1C. The fourth-order valence-electron chi connectivity index (χ4n) is 3.96. The average molecular weight is 367 g/mol. The second kappa shape index (κ2) is 7.85. The molecular weight excluding hydrogens is 336 g/mol. The maximum Gasteiger partial charge on any atom is 0.223 e. The van der Waals surface area contributed by atoms with E-state index in [-0.39, 0.29) is 11.8 Å². The van der Waals surface area contributed by atoms with E-state index in [2.05, 4.69) is 53.0 Å². The lowest BCUT2D eigenvalue weighted by Gasteiger charge is -2.23. The number of carbonyl (C=O) groups is 1. The number of nitrogens with one attached hydrogen (secondary N) is 1. The molecule has 1 amide bonds. The van der Waals surface area contributed by atoms with Crippen LogP contribution in [0.1, 0.15) is 53.8 Å². The molecule has 27 heavy (non-hydrogen) atoms. The zero-order chi connectivity index (χ0) is 18.8. The molecular formula is C22H30N4O. The highest BCUT2D eigenvalue weighted by atomic mass is 16.1. The summed E-state index contributed by atoms with van der Waals surface area (Å²) in [4.78, 5) is 14.6. The lowest BCUT2D eigenvalue weighted by Crippen LogP contribution is -2.34. The van der Waals surface area contributed by atoms with Crippen molar-refractivity contribution in [3.63, 3.8) is 0 Å². The molecule has 0 spiro atoms. The van der Waals surface area contributed by atoms with Gasteiger partial charge in [0.15, 0.2) is 0 Å². The van der Waals surface area contributed by atoms with E-state index in [1.54, 1.807) is 0 Å². The fraction of sp³-hybridized carbons (Fsp3) is 0.545. The van der Waals surface area contributed by atoms with Crippen LogP contribution < -0.4 is 5.32 Å². The number of amides is 1. The van der Waals surface area contributed by atoms with Crippen LogP contribution in [0.2, 0.25) is 0 Å². The van der Waals surface area contributed by atoms with Crippen molar-refractivity contribution in [1.82, 2.24) is 20.0 Å². The highest BCUT2D eigenvalue weighted by Crippen LogP contribution is 2.26. The molecule has 2 aromatic rings. The summed E-state index contributed by atoms with van der Waals surface area (Å²) in [5.41, 5.74) is 6.31. The molecule has 2 aliphatic rings. The summed E-state index contributed by atoms with van der Waals surface area (Å²) in [7, 11) is 0. The monoisotopic (exact) mass is 366 g/mol. The molecule has 0 bridgehead atoms. The lowest BCUT2D eigenvalue weighted by molar-refractivity contribution is -0.127. The topological polar surface area (TPSA) is 50.2 Å². The fourth-order valence-corrected chi connectivity index (χ4v) is 3.96. The number of aromatic nitrogens is 2. The van der Waals surface area contributed by atoms with E-state index in [9.17, 15) is 4.79 Å². The minimum atomic E-state index is 0.195. The molecule has 144 valence electrons. The van der Waals surface area contributed by atoms with E-state index in [4.69, 9.17) is 5.10 Å². The van der Waals surface area contributed by atoms with Gasteiger partial charge in [-0.1, -0.05) is 24.6 Å². The molecule has 1 N–H and O–H groups in total. The number of rotatable bonds is 5. The van der Waals surface area contributed by atoms with Gasteiger partial charge in [0.25, 0.3) is 0 Å². The third-order valence-corrected chi connectivity index (χ3v) is 6.04. The van der Waals surface area contributed by atoms with Crippen molar-refractivity contribution in [3.05, 3.63) is 52.3 Å². The van der Waals surface area contributed by atoms with E-state index in [0.29, 0.717) is 6.54 Å².